The molecule has 1 aromatic heterocycles. The monoisotopic (exact) mass is 505 g/mol. The zero-order valence-corrected chi connectivity index (χ0v) is 21.4. The van der Waals surface area contributed by atoms with E-state index in [9.17, 15) is 14.9 Å². The number of carbonyl (C=O) groups excluding carboxylic acids is 2. The number of rotatable bonds is 8. The largest absolute Gasteiger partial charge is 0.497 e. The second-order valence-corrected chi connectivity index (χ2v) is 10.6. The molecular weight excluding hydrogens is 478 g/mol. The highest BCUT2D eigenvalue weighted by Gasteiger charge is 2.25. The standard InChI is InChI=1S/C27H27N3O3S2/c1-3-23(26(32)30-27-22(16-28)21-12-4-5-13-24(21)35-27)34-20-11-7-9-18(15-20)29-25(31)17-8-6-10-19(14-17)33-2/h6-11,14-15,23H,3-5,12-13H2,1-2H3,(H,29,31)(H,30,32). The number of carbonyl (C=O) groups is 2. The Morgan fingerprint density at radius 3 is 2.71 bits per heavy atom. The lowest BCUT2D eigenvalue weighted by Crippen LogP contribution is -2.24. The van der Waals surface area contributed by atoms with Gasteiger partial charge in [0.25, 0.3) is 5.91 Å². The van der Waals surface area contributed by atoms with E-state index < -0.39 is 0 Å². The Morgan fingerprint density at radius 2 is 1.94 bits per heavy atom. The zero-order valence-electron chi connectivity index (χ0n) is 19.7. The third-order valence-electron chi connectivity index (χ3n) is 5.89. The second kappa shape index (κ2) is 11.4. The number of ether oxygens (including phenoxy) is 1. The van der Waals surface area contributed by atoms with Gasteiger partial charge in [-0.2, -0.15) is 5.26 Å². The molecule has 0 bridgehead atoms. The number of fused-ring (bicyclic) bond motifs is 1. The molecule has 4 rings (SSSR count). The summed E-state index contributed by atoms with van der Waals surface area (Å²) in [6.45, 7) is 1.97. The molecule has 0 aliphatic heterocycles. The Balaban J connectivity index is 1.44. The molecule has 0 spiro atoms. The first kappa shape index (κ1) is 24.8. The number of methoxy groups -OCH3 is 1. The topological polar surface area (TPSA) is 91.2 Å². The summed E-state index contributed by atoms with van der Waals surface area (Å²) >= 11 is 2.98. The highest BCUT2D eigenvalue weighted by Crippen LogP contribution is 2.38. The number of hydrogen-bond acceptors (Lipinski definition) is 6. The summed E-state index contributed by atoms with van der Waals surface area (Å²) in [5, 5.41) is 16.0. The average molecular weight is 506 g/mol. The number of benzene rings is 2. The molecule has 1 atom stereocenters. The number of aryl methyl sites for hydroxylation is 1. The van der Waals surface area contributed by atoms with Crippen LogP contribution in [0.5, 0.6) is 5.75 Å². The van der Waals surface area contributed by atoms with Gasteiger partial charge in [-0.1, -0.05) is 19.1 Å². The second-order valence-electron chi connectivity index (χ2n) is 8.24. The van der Waals surface area contributed by atoms with Crippen molar-refractivity contribution in [3.05, 3.63) is 70.1 Å². The average Bonchev–Trinajstić information content (AvgIpc) is 3.24. The fraction of sp³-hybridized carbons (Fsp3) is 0.296. The van der Waals surface area contributed by atoms with Crippen molar-refractivity contribution in [2.75, 3.05) is 17.7 Å². The van der Waals surface area contributed by atoms with Crippen molar-refractivity contribution in [2.24, 2.45) is 0 Å². The van der Waals surface area contributed by atoms with Crippen LogP contribution in [0.2, 0.25) is 0 Å². The van der Waals surface area contributed by atoms with Crippen molar-refractivity contribution >= 4 is 45.6 Å². The number of nitriles is 1. The number of amides is 2. The first-order valence-corrected chi connectivity index (χ1v) is 13.3. The number of nitrogens with one attached hydrogen (secondary N) is 2. The summed E-state index contributed by atoms with van der Waals surface area (Å²) in [7, 11) is 1.56. The molecule has 1 aliphatic rings. The van der Waals surface area contributed by atoms with Crippen LogP contribution in [-0.4, -0.2) is 24.2 Å². The molecule has 1 heterocycles. The molecule has 2 N–H and O–H groups in total. The maximum Gasteiger partial charge on any atom is 0.255 e. The van der Waals surface area contributed by atoms with Gasteiger partial charge < -0.3 is 15.4 Å². The summed E-state index contributed by atoms with van der Waals surface area (Å²) in [5.41, 5.74) is 2.88. The summed E-state index contributed by atoms with van der Waals surface area (Å²) < 4.78 is 5.20. The SMILES string of the molecule is CCC(Sc1cccc(NC(=O)c2cccc(OC)c2)c1)C(=O)Nc1sc2c(c1C#N)CCCC2. The van der Waals surface area contributed by atoms with E-state index in [1.54, 1.807) is 31.4 Å². The normalized spacial score (nSPS) is 13.3. The molecule has 1 unspecified atom stereocenters. The van der Waals surface area contributed by atoms with Gasteiger partial charge in [0.15, 0.2) is 0 Å². The predicted octanol–water partition coefficient (Wildman–Crippen LogP) is 6.27. The maximum absolute atomic E-state index is 13.1. The van der Waals surface area contributed by atoms with Crippen molar-refractivity contribution in [1.29, 1.82) is 5.26 Å². The van der Waals surface area contributed by atoms with E-state index in [1.807, 2.05) is 31.2 Å². The Hall–Kier alpha value is -3.28. The number of nitrogens with zero attached hydrogens (tertiary/aromatic N) is 1. The molecule has 6 nitrogen and oxygen atoms in total. The van der Waals surface area contributed by atoms with Crippen molar-refractivity contribution in [2.45, 2.75) is 49.2 Å². The smallest absolute Gasteiger partial charge is 0.255 e. The van der Waals surface area contributed by atoms with E-state index in [2.05, 4.69) is 16.7 Å². The van der Waals surface area contributed by atoms with E-state index in [0.717, 1.165) is 36.1 Å². The van der Waals surface area contributed by atoms with Crippen molar-refractivity contribution in [3.63, 3.8) is 0 Å². The van der Waals surface area contributed by atoms with Crippen LogP contribution in [0.15, 0.2) is 53.4 Å². The lowest BCUT2D eigenvalue weighted by Gasteiger charge is -2.15. The van der Waals surface area contributed by atoms with Crippen LogP contribution < -0.4 is 15.4 Å². The fourth-order valence-corrected chi connectivity index (χ4v) is 6.32. The third kappa shape index (κ3) is 5.87. The zero-order chi connectivity index (χ0) is 24.8. The molecule has 35 heavy (non-hydrogen) atoms. The number of hydrogen-bond donors (Lipinski definition) is 2. The third-order valence-corrected chi connectivity index (χ3v) is 8.45. The Bertz CT molecular complexity index is 1280. The summed E-state index contributed by atoms with van der Waals surface area (Å²) in [5.74, 6) is 0.268. The van der Waals surface area contributed by atoms with Gasteiger partial charge in [-0.05, 0) is 74.1 Å². The van der Waals surface area contributed by atoms with Crippen LogP contribution in [0.25, 0.3) is 0 Å². The van der Waals surface area contributed by atoms with Crippen LogP contribution in [-0.2, 0) is 17.6 Å². The molecule has 0 radical (unpaired) electrons. The molecule has 0 saturated carbocycles. The van der Waals surface area contributed by atoms with Gasteiger partial charge >= 0.3 is 0 Å². The first-order valence-electron chi connectivity index (χ1n) is 11.6. The van der Waals surface area contributed by atoms with Crippen LogP contribution in [0, 0.1) is 11.3 Å². The summed E-state index contributed by atoms with van der Waals surface area (Å²) in [6, 6.07) is 16.7. The molecule has 180 valence electrons. The van der Waals surface area contributed by atoms with E-state index in [-0.39, 0.29) is 17.1 Å². The van der Waals surface area contributed by atoms with Crippen molar-refractivity contribution in [1.82, 2.24) is 0 Å². The first-order chi connectivity index (χ1) is 17.0. The van der Waals surface area contributed by atoms with Gasteiger partial charge in [-0.15, -0.1) is 23.1 Å². The molecule has 0 fully saturated rings. The molecule has 2 amide bonds. The summed E-state index contributed by atoms with van der Waals surface area (Å²) in [6.07, 6.45) is 4.73. The minimum absolute atomic E-state index is 0.113. The van der Waals surface area contributed by atoms with Crippen LogP contribution in [0.1, 0.15) is 52.5 Å². The number of thioether (sulfide) groups is 1. The van der Waals surface area contributed by atoms with Crippen molar-refractivity contribution in [3.8, 4) is 11.8 Å². The van der Waals surface area contributed by atoms with E-state index in [0.29, 0.717) is 34.0 Å². The Morgan fingerprint density at radius 1 is 1.14 bits per heavy atom. The minimum Gasteiger partial charge on any atom is -0.497 e. The lowest BCUT2D eigenvalue weighted by molar-refractivity contribution is -0.115. The van der Waals surface area contributed by atoms with Gasteiger partial charge in [-0.3, -0.25) is 9.59 Å². The van der Waals surface area contributed by atoms with Crippen LogP contribution >= 0.6 is 23.1 Å². The molecular formula is C27H27N3O3S2. The van der Waals surface area contributed by atoms with Gasteiger partial charge in [-0.25, -0.2) is 0 Å². The fourth-order valence-electron chi connectivity index (χ4n) is 4.07. The Labute approximate surface area is 213 Å². The molecule has 0 saturated heterocycles. The highest BCUT2D eigenvalue weighted by atomic mass is 32.2. The highest BCUT2D eigenvalue weighted by molar-refractivity contribution is 8.00. The quantitative estimate of drug-likeness (QED) is 0.352. The van der Waals surface area contributed by atoms with Gasteiger partial charge in [0.1, 0.15) is 16.8 Å². The van der Waals surface area contributed by atoms with Crippen LogP contribution in [0.4, 0.5) is 10.7 Å². The summed E-state index contributed by atoms with van der Waals surface area (Å²) in [4.78, 5) is 27.9. The van der Waals surface area contributed by atoms with E-state index >= 15 is 0 Å². The predicted molar refractivity (Wildman–Crippen MR) is 142 cm³/mol. The Kier molecular flexibility index (Phi) is 8.11. The molecule has 2 aromatic carbocycles. The number of anilines is 2. The van der Waals surface area contributed by atoms with E-state index in [1.165, 1.54) is 28.0 Å². The van der Waals surface area contributed by atoms with Gasteiger partial charge in [0.05, 0.1) is 17.9 Å². The number of thiophene rings is 1. The minimum atomic E-state index is -0.329. The van der Waals surface area contributed by atoms with Crippen LogP contribution in [0.3, 0.4) is 0 Å². The lowest BCUT2D eigenvalue weighted by atomic mass is 9.96. The molecule has 3 aromatic rings. The van der Waals surface area contributed by atoms with Gasteiger partial charge in [0, 0.05) is 21.0 Å². The maximum atomic E-state index is 13.1. The molecule has 1 aliphatic carbocycles. The van der Waals surface area contributed by atoms with Gasteiger partial charge in [0.2, 0.25) is 5.91 Å². The van der Waals surface area contributed by atoms with Crippen molar-refractivity contribution < 1.29 is 14.3 Å². The molecule has 8 heteroatoms. The van der Waals surface area contributed by atoms with E-state index in [4.69, 9.17) is 4.74 Å².